The molecule has 186 valence electrons. The fraction of sp³-hybridized carbons (Fsp3) is 0.533. The summed E-state index contributed by atoms with van der Waals surface area (Å²) in [6.45, 7) is 9.15. The van der Waals surface area contributed by atoms with Gasteiger partial charge in [0.05, 0.1) is 13.1 Å². The molecule has 2 bridgehead atoms. The summed E-state index contributed by atoms with van der Waals surface area (Å²) in [7, 11) is 0. The highest BCUT2D eigenvalue weighted by Gasteiger charge is 2.51. The lowest BCUT2D eigenvalue weighted by atomic mass is 9.82. The van der Waals surface area contributed by atoms with Crippen LogP contribution in [0.1, 0.15) is 60.5 Å². The summed E-state index contributed by atoms with van der Waals surface area (Å²) < 4.78 is 7.16. The predicted octanol–water partition coefficient (Wildman–Crippen LogP) is 4.73. The number of hydrogen-bond donors (Lipinski definition) is 0. The minimum atomic E-state index is -0.781. The maximum Gasteiger partial charge on any atom is 0.331 e. The Balaban J connectivity index is 1.33. The van der Waals surface area contributed by atoms with Crippen LogP contribution in [0.4, 0.5) is 0 Å². The molecule has 6 rings (SSSR count). The first-order valence-electron chi connectivity index (χ1n) is 13.4. The number of esters is 1. The van der Waals surface area contributed by atoms with Gasteiger partial charge < -0.3 is 9.22 Å². The van der Waals surface area contributed by atoms with E-state index in [1.807, 2.05) is 56.3 Å². The first-order chi connectivity index (χ1) is 16.9. The van der Waals surface area contributed by atoms with Crippen molar-refractivity contribution in [3.05, 3.63) is 71.3 Å². The number of piperidine rings is 4. The standard InChI is InChI=1S/C30H39N2O3/c1-23-11-13-24(14-12-23)27(33)21-32-19-15-25(16-20-32)28(22-32)35-29(34)30(2,26-9-5-3-6-10-26)31-17-7-4-8-18-31/h3,5-6,9-14,25,28H,4,7-8,15-22H2,1-2H3/q+1/t25?,28-,30-,32?/m0/s1. The highest BCUT2D eigenvalue weighted by atomic mass is 16.5. The molecule has 0 radical (unpaired) electrons. The van der Waals surface area contributed by atoms with Crippen molar-refractivity contribution in [3.8, 4) is 0 Å². The molecule has 4 fully saturated rings. The topological polar surface area (TPSA) is 46.6 Å². The average molecular weight is 476 g/mol. The zero-order valence-corrected chi connectivity index (χ0v) is 21.2. The van der Waals surface area contributed by atoms with Crippen molar-refractivity contribution >= 4 is 11.8 Å². The molecular formula is C30H39N2O3+. The van der Waals surface area contributed by atoms with E-state index in [1.165, 1.54) is 6.42 Å². The monoisotopic (exact) mass is 475 g/mol. The molecule has 4 saturated heterocycles. The zero-order valence-electron chi connectivity index (χ0n) is 21.2. The smallest absolute Gasteiger partial charge is 0.331 e. The first kappa shape index (κ1) is 24.2. The summed E-state index contributed by atoms with van der Waals surface area (Å²) in [6, 6.07) is 18.0. The van der Waals surface area contributed by atoms with E-state index in [0.29, 0.717) is 12.5 Å². The zero-order chi connectivity index (χ0) is 24.5. The van der Waals surface area contributed by atoms with Gasteiger partial charge in [-0.15, -0.1) is 0 Å². The number of aryl methyl sites for hydroxylation is 1. The van der Waals surface area contributed by atoms with Crippen LogP contribution >= 0.6 is 0 Å². The van der Waals surface area contributed by atoms with E-state index in [1.54, 1.807) is 0 Å². The Morgan fingerprint density at radius 1 is 0.971 bits per heavy atom. The van der Waals surface area contributed by atoms with Crippen molar-refractivity contribution in [2.24, 2.45) is 5.92 Å². The number of benzene rings is 2. The predicted molar refractivity (Wildman–Crippen MR) is 137 cm³/mol. The molecule has 0 saturated carbocycles. The molecule has 2 aromatic rings. The van der Waals surface area contributed by atoms with E-state index >= 15 is 0 Å². The van der Waals surface area contributed by atoms with Crippen LogP contribution < -0.4 is 0 Å². The van der Waals surface area contributed by atoms with E-state index in [0.717, 1.165) is 79.6 Å². The number of carbonyl (C=O) groups excluding carboxylic acids is 2. The van der Waals surface area contributed by atoms with Gasteiger partial charge in [-0.3, -0.25) is 9.69 Å². The number of ether oxygens (including phenoxy) is 1. The Labute approximate surface area is 209 Å². The fourth-order valence-corrected chi connectivity index (χ4v) is 6.50. The van der Waals surface area contributed by atoms with Crippen molar-refractivity contribution in [1.29, 1.82) is 0 Å². The molecule has 4 heterocycles. The second kappa shape index (κ2) is 9.87. The third kappa shape index (κ3) is 4.81. The molecule has 4 aliphatic heterocycles. The normalized spacial score (nSPS) is 28.3. The molecule has 2 atom stereocenters. The molecule has 5 nitrogen and oxygen atoms in total. The van der Waals surface area contributed by atoms with Gasteiger partial charge in [0.15, 0.2) is 6.10 Å². The number of likely N-dealkylation sites (tertiary alicyclic amines) is 1. The van der Waals surface area contributed by atoms with Crippen LogP contribution in [0.2, 0.25) is 0 Å². The van der Waals surface area contributed by atoms with Gasteiger partial charge in [-0.05, 0) is 45.3 Å². The van der Waals surface area contributed by atoms with Gasteiger partial charge in [0.2, 0.25) is 5.78 Å². The number of Topliss-reactive ketones (excluding diaryl/α,β-unsaturated/α-hetero) is 1. The maximum absolute atomic E-state index is 14.0. The third-order valence-electron chi connectivity index (χ3n) is 8.87. The van der Waals surface area contributed by atoms with Crippen LogP contribution in [-0.2, 0) is 15.1 Å². The summed E-state index contributed by atoms with van der Waals surface area (Å²) in [4.78, 5) is 29.4. The molecule has 35 heavy (non-hydrogen) atoms. The van der Waals surface area contributed by atoms with Crippen molar-refractivity contribution in [1.82, 2.24) is 4.90 Å². The van der Waals surface area contributed by atoms with Gasteiger partial charge in [0.25, 0.3) is 0 Å². The Hall–Kier alpha value is -2.50. The van der Waals surface area contributed by atoms with Gasteiger partial charge in [0.1, 0.15) is 18.6 Å². The van der Waals surface area contributed by atoms with Crippen LogP contribution in [0, 0.1) is 12.8 Å². The van der Waals surface area contributed by atoms with Crippen molar-refractivity contribution in [3.63, 3.8) is 0 Å². The SMILES string of the molecule is Cc1ccc(C(=O)C[N+]23CCC(CC2)[C@@H](OC(=O)[C@](C)(c2ccccc2)N2CCCCC2)C3)cc1. The Morgan fingerprint density at radius 2 is 1.63 bits per heavy atom. The summed E-state index contributed by atoms with van der Waals surface area (Å²) in [6.07, 6.45) is 5.36. The number of ketones is 1. The quantitative estimate of drug-likeness (QED) is 0.330. The number of nitrogens with zero attached hydrogens (tertiary/aromatic N) is 2. The van der Waals surface area contributed by atoms with E-state index < -0.39 is 5.54 Å². The largest absolute Gasteiger partial charge is 0.454 e. The third-order valence-corrected chi connectivity index (χ3v) is 8.87. The van der Waals surface area contributed by atoms with E-state index in [4.69, 9.17) is 4.74 Å². The summed E-state index contributed by atoms with van der Waals surface area (Å²) >= 11 is 0. The second-order valence-electron chi connectivity index (χ2n) is 11.2. The minimum absolute atomic E-state index is 0.122. The Bertz CT molecular complexity index is 1040. The van der Waals surface area contributed by atoms with Crippen LogP contribution in [-0.4, -0.2) is 66.5 Å². The number of quaternary nitrogens is 1. The van der Waals surface area contributed by atoms with Gasteiger partial charge in [-0.1, -0.05) is 66.6 Å². The van der Waals surface area contributed by atoms with Gasteiger partial charge >= 0.3 is 5.97 Å². The van der Waals surface area contributed by atoms with E-state index in [9.17, 15) is 9.59 Å². The maximum atomic E-state index is 14.0. The molecule has 2 aromatic carbocycles. The Morgan fingerprint density at radius 3 is 2.29 bits per heavy atom. The Kier molecular flexibility index (Phi) is 6.82. The van der Waals surface area contributed by atoms with Crippen molar-refractivity contribution < 1.29 is 18.8 Å². The van der Waals surface area contributed by atoms with E-state index in [-0.39, 0.29) is 17.9 Å². The van der Waals surface area contributed by atoms with Gasteiger partial charge in [0, 0.05) is 24.3 Å². The van der Waals surface area contributed by atoms with Crippen LogP contribution in [0.5, 0.6) is 0 Å². The highest BCUT2D eigenvalue weighted by molar-refractivity contribution is 5.97. The molecule has 0 amide bonds. The average Bonchev–Trinajstić information content (AvgIpc) is 2.90. The second-order valence-corrected chi connectivity index (χ2v) is 11.2. The summed E-state index contributed by atoms with van der Waals surface area (Å²) in [5, 5.41) is 0. The van der Waals surface area contributed by atoms with Crippen LogP contribution in [0.3, 0.4) is 0 Å². The van der Waals surface area contributed by atoms with Crippen LogP contribution in [0.15, 0.2) is 54.6 Å². The van der Waals surface area contributed by atoms with Crippen molar-refractivity contribution in [2.75, 3.05) is 39.3 Å². The molecule has 0 aromatic heterocycles. The van der Waals surface area contributed by atoms with E-state index in [2.05, 4.69) is 17.0 Å². The summed E-state index contributed by atoms with van der Waals surface area (Å²) in [5.41, 5.74) is 2.17. The minimum Gasteiger partial charge on any atom is -0.454 e. The van der Waals surface area contributed by atoms with Gasteiger partial charge in [-0.25, -0.2) is 4.79 Å². The van der Waals surface area contributed by atoms with Crippen molar-refractivity contribution in [2.45, 2.75) is 57.6 Å². The lowest BCUT2D eigenvalue weighted by Gasteiger charge is -2.52. The molecular weight excluding hydrogens is 436 g/mol. The molecule has 5 heteroatoms. The molecule has 0 spiro atoms. The number of hydrogen-bond acceptors (Lipinski definition) is 4. The molecule has 0 N–H and O–H groups in total. The fourth-order valence-electron chi connectivity index (χ4n) is 6.50. The number of rotatable bonds is 7. The summed E-state index contributed by atoms with van der Waals surface area (Å²) in [5.74, 6) is 0.458. The number of fused-ring (bicyclic) bond motifs is 3. The first-order valence-corrected chi connectivity index (χ1v) is 13.4. The molecule has 0 unspecified atom stereocenters. The van der Waals surface area contributed by atoms with Gasteiger partial charge in [-0.2, -0.15) is 0 Å². The van der Waals surface area contributed by atoms with Crippen LogP contribution in [0.25, 0.3) is 0 Å². The molecule has 4 aliphatic rings. The lowest BCUT2D eigenvalue weighted by molar-refractivity contribution is -0.938. The highest BCUT2D eigenvalue weighted by Crippen LogP contribution is 2.39. The lowest BCUT2D eigenvalue weighted by Crippen LogP contribution is -2.66. The number of carbonyl (C=O) groups is 2. The molecule has 0 aliphatic carbocycles.